The first kappa shape index (κ1) is 16.7. The Labute approximate surface area is 132 Å². The number of hydrogen-bond donors (Lipinski definition) is 1. The number of benzene rings is 1. The minimum atomic E-state index is -3.54. The van der Waals surface area contributed by atoms with Crippen molar-refractivity contribution < 1.29 is 8.42 Å². The molecule has 0 amide bonds. The molecule has 0 aromatic heterocycles. The van der Waals surface area contributed by atoms with E-state index in [1.807, 2.05) is 6.92 Å². The molecule has 2 rings (SSSR count). The van der Waals surface area contributed by atoms with Gasteiger partial charge in [-0.1, -0.05) is 24.6 Å². The Balaban J connectivity index is 2.02. The third-order valence-corrected chi connectivity index (χ3v) is 5.83. The second-order valence-corrected chi connectivity index (χ2v) is 7.76. The molecule has 1 N–H and O–H groups in total. The third-order valence-electron chi connectivity index (χ3n) is 3.83. The lowest BCUT2D eigenvalue weighted by atomic mass is 10.1. The molecule has 0 spiro atoms. The summed E-state index contributed by atoms with van der Waals surface area (Å²) in [5.41, 5.74) is 0.951. The van der Waals surface area contributed by atoms with Crippen LogP contribution in [0.1, 0.15) is 31.7 Å². The molecule has 1 fully saturated rings. The van der Waals surface area contributed by atoms with E-state index in [9.17, 15) is 8.42 Å². The lowest BCUT2D eigenvalue weighted by Crippen LogP contribution is -2.44. The van der Waals surface area contributed by atoms with Crippen LogP contribution in [-0.2, 0) is 10.0 Å². The molecule has 1 aromatic carbocycles. The molecule has 1 aliphatic rings. The molecular weight excluding hydrogens is 308 g/mol. The molecular formula is C15H23ClN2O2S. The van der Waals surface area contributed by atoms with Crippen LogP contribution in [0.4, 0.5) is 0 Å². The summed E-state index contributed by atoms with van der Waals surface area (Å²) in [5, 5.41) is 0.283. The Kier molecular flexibility index (Phi) is 5.66. The van der Waals surface area contributed by atoms with E-state index in [2.05, 4.69) is 16.5 Å². The van der Waals surface area contributed by atoms with Crippen molar-refractivity contribution in [1.82, 2.24) is 9.62 Å². The van der Waals surface area contributed by atoms with Gasteiger partial charge in [0, 0.05) is 6.04 Å². The highest BCUT2D eigenvalue weighted by Gasteiger charge is 2.25. The number of sulfonamides is 1. The first-order valence-electron chi connectivity index (χ1n) is 7.43. The zero-order valence-electron chi connectivity index (χ0n) is 12.6. The molecule has 4 nitrogen and oxygen atoms in total. The van der Waals surface area contributed by atoms with Gasteiger partial charge >= 0.3 is 0 Å². The van der Waals surface area contributed by atoms with Crippen LogP contribution in [0, 0.1) is 6.92 Å². The Hall–Kier alpha value is -0.620. The van der Waals surface area contributed by atoms with Crippen molar-refractivity contribution >= 4 is 21.6 Å². The molecule has 0 saturated carbocycles. The lowest BCUT2D eigenvalue weighted by Gasteiger charge is -2.31. The third kappa shape index (κ3) is 4.42. The number of hydrogen-bond acceptors (Lipinski definition) is 3. The molecule has 0 atom stereocenters. The lowest BCUT2D eigenvalue weighted by molar-refractivity contribution is 0.208. The van der Waals surface area contributed by atoms with Crippen LogP contribution in [-0.4, -0.2) is 39.0 Å². The second-order valence-electron chi connectivity index (χ2n) is 5.67. The van der Waals surface area contributed by atoms with Crippen molar-refractivity contribution in [2.24, 2.45) is 0 Å². The van der Waals surface area contributed by atoms with E-state index >= 15 is 0 Å². The molecule has 118 valence electrons. The van der Waals surface area contributed by atoms with Gasteiger partial charge in [-0.05, 0) is 63.5 Å². The van der Waals surface area contributed by atoms with Crippen LogP contribution in [0.3, 0.4) is 0 Å². The van der Waals surface area contributed by atoms with E-state index in [1.54, 1.807) is 18.2 Å². The predicted octanol–water partition coefficient (Wildman–Crippen LogP) is 2.80. The molecule has 1 aromatic rings. The number of halogens is 1. The predicted molar refractivity (Wildman–Crippen MR) is 86.3 cm³/mol. The smallest absolute Gasteiger partial charge is 0.242 e. The van der Waals surface area contributed by atoms with Crippen molar-refractivity contribution in [2.75, 3.05) is 19.6 Å². The van der Waals surface area contributed by atoms with Crippen molar-refractivity contribution in [3.63, 3.8) is 0 Å². The van der Waals surface area contributed by atoms with Crippen molar-refractivity contribution in [2.45, 2.75) is 44.0 Å². The highest BCUT2D eigenvalue weighted by molar-refractivity contribution is 7.89. The summed E-state index contributed by atoms with van der Waals surface area (Å²) in [6.45, 7) is 7.03. The normalized spacial score (nSPS) is 18.0. The van der Waals surface area contributed by atoms with Gasteiger partial charge in [0.2, 0.25) is 10.0 Å². The van der Waals surface area contributed by atoms with Gasteiger partial charge in [-0.25, -0.2) is 13.1 Å². The fourth-order valence-corrected chi connectivity index (χ4v) is 4.60. The average molecular weight is 331 g/mol. The largest absolute Gasteiger partial charge is 0.303 e. The van der Waals surface area contributed by atoms with Gasteiger partial charge in [-0.15, -0.1) is 0 Å². The van der Waals surface area contributed by atoms with Crippen molar-refractivity contribution in [3.8, 4) is 0 Å². The zero-order chi connectivity index (χ0) is 15.5. The van der Waals surface area contributed by atoms with E-state index in [4.69, 9.17) is 11.6 Å². The van der Waals surface area contributed by atoms with Gasteiger partial charge in [0.1, 0.15) is 4.90 Å². The molecule has 1 saturated heterocycles. The van der Waals surface area contributed by atoms with E-state index in [0.717, 1.165) is 44.5 Å². The Morgan fingerprint density at radius 2 is 2.00 bits per heavy atom. The monoisotopic (exact) mass is 330 g/mol. The van der Waals surface area contributed by atoms with Gasteiger partial charge in [-0.3, -0.25) is 0 Å². The number of piperidine rings is 1. The number of nitrogens with one attached hydrogen (secondary N) is 1. The minimum Gasteiger partial charge on any atom is -0.303 e. The molecule has 0 bridgehead atoms. The number of rotatable bonds is 5. The average Bonchev–Trinajstić information content (AvgIpc) is 2.40. The highest BCUT2D eigenvalue weighted by atomic mass is 35.5. The SMILES string of the molecule is CCCN1CCC(NS(=O)(=O)c2ccc(C)cc2Cl)CC1. The summed E-state index contributed by atoms with van der Waals surface area (Å²) >= 11 is 6.07. The van der Waals surface area contributed by atoms with Gasteiger partial charge < -0.3 is 4.90 Å². The summed E-state index contributed by atoms with van der Waals surface area (Å²) in [4.78, 5) is 2.55. The van der Waals surface area contributed by atoms with Crippen molar-refractivity contribution in [3.05, 3.63) is 28.8 Å². The van der Waals surface area contributed by atoms with E-state index in [0.29, 0.717) is 0 Å². The summed E-state index contributed by atoms with van der Waals surface area (Å²) in [6.07, 6.45) is 2.83. The fourth-order valence-electron chi connectivity index (χ4n) is 2.70. The Morgan fingerprint density at radius 1 is 1.33 bits per heavy atom. The fraction of sp³-hybridized carbons (Fsp3) is 0.600. The Bertz CT molecular complexity index is 581. The molecule has 21 heavy (non-hydrogen) atoms. The van der Waals surface area contributed by atoms with E-state index in [1.165, 1.54) is 0 Å². The first-order valence-corrected chi connectivity index (χ1v) is 9.29. The zero-order valence-corrected chi connectivity index (χ0v) is 14.2. The minimum absolute atomic E-state index is 0.000441. The summed E-state index contributed by atoms with van der Waals surface area (Å²) in [6, 6.07) is 5.02. The van der Waals surface area contributed by atoms with Crippen molar-refractivity contribution in [1.29, 1.82) is 0 Å². The van der Waals surface area contributed by atoms with Gasteiger partial charge in [0.25, 0.3) is 0 Å². The maximum atomic E-state index is 12.4. The summed E-state index contributed by atoms with van der Waals surface area (Å²) in [5.74, 6) is 0. The van der Waals surface area contributed by atoms with E-state index in [-0.39, 0.29) is 16.0 Å². The molecule has 0 radical (unpaired) electrons. The van der Waals surface area contributed by atoms with Crippen LogP contribution >= 0.6 is 11.6 Å². The molecule has 0 unspecified atom stereocenters. The second kappa shape index (κ2) is 7.09. The topological polar surface area (TPSA) is 49.4 Å². The van der Waals surface area contributed by atoms with Crippen LogP contribution < -0.4 is 4.72 Å². The highest BCUT2D eigenvalue weighted by Crippen LogP contribution is 2.23. The standard InChI is InChI=1S/C15H23ClN2O2S/c1-3-8-18-9-6-13(7-10-18)17-21(19,20)15-5-4-12(2)11-14(15)16/h4-5,11,13,17H,3,6-10H2,1-2H3. The van der Waals surface area contributed by atoms with Crippen LogP contribution in [0.5, 0.6) is 0 Å². The quantitative estimate of drug-likeness (QED) is 0.903. The van der Waals surface area contributed by atoms with Crippen LogP contribution in [0.15, 0.2) is 23.1 Å². The number of likely N-dealkylation sites (tertiary alicyclic amines) is 1. The molecule has 6 heteroatoms. The first-order chi connectivity index (χ1) is 9.92. The van der Waals surface area contributed by atoms with E-state index < -0.39 is 10.0 Å². The number of nitrogens with zero attached hydrogens (tertiary/aromatic N) is 1. The Morgan fingerprint density at radius 3 is 2.57 bits per heavy atom. The summed E-state index contributed by atoms with van der Waals surface area (Å²) < 4.78 is 27.7. The van der Waals surface area contributed by atoms with Gasteiger partial charge in [-0.2, -0.15) is 0 Å². The van der Waals surface area contributed by atoms with Gasteiger partial charge in [0.15, 0.2) is 0 Å². The maximum Gasteiger partial charge on any atom is 0.242 e. The van der Waals surface area contributed by atoms with Crippen LogP contribution in [0.2, 0.25) is 5.02 Å². The molecule has 1 heterocycles. The molecule has 0 aliphatic carbocycles. The summed E-state index contributed by atoms with van der Waals surface area (Å²) in [7, 11) is -3.54. The van der Waals surface area contributed by atoms with Crippen LogP contribution in [0.25, 0.3) is 0 Å². The maximum absolute atomic E-state index is 12.4. The molecule has 1 aliphatic heterocycles. The van der Waals surface area contributed by atoms with Gasteiger partial charge in [0.05, 0.1) is 5.02 Å². The number of aryl methyl sites for hydroxylation is 1.